The SMILES string of the molecule is O=C(N/C(CS(=O)(=O)Cc1ccco1)=N/O)c1cnccc1C(F)(F)F. The lowest BCUT2D eigenvalue weighted by atomic mass is 10.1. The third-order valence-corrected chi connectivity index (χ3v) is 4.49. The number of halogens is 3. The summed E-state index contributed by atoms with van der Waals surface area (Å²) < 4.78 is 67.7. The van der Waals surface area contributed by atoms with Crippen molar-refractivity contribution in [2.24, 2.45) is 5.16 Å². The highest BCUT2D eigenvalue weighted by Crippen LogP contribution is 2.31. The van der Waals surface area contributed by atoms with E-state index in [1.54, 1.807) is 0 Å². The van der Waals surface area contributed by atoms with Crippen LogP contribution in [0, 0.1) is 0 Å². The number of hydrogen-bond acceptors (Lipinski definition) is 7. The van der Waals surface area contributed by atoms with E-state index >= 15 is 0 Å². The molecule has 0 aliphatic heterocycles. The molecule has 0 spiro atoms. The predicted octanol–water partition coefficient (Wildman–Crippen LogP) is 1.83. The molecule has 0 saturated heterocycles. The number of nitrogens with one attached hydrogen (secondary N) is 1. The lowest BCUT2D eigenvalue weighted by molar-refractivity contribution is -0.138. The van der Waals surface area contributed by atoms with Gasteiger partial charge >= 0.3 is 6.18 Å². The Morgan fingerprint density at radius 3 is 2.65 bits per heavy atom. The topological polar surface area (TPSA) is 122 Å². The summed E-state index contributed by atoms with van der Waals surface area (Å²) in [7, 11) is -3.92. The van der Waals surface area contributed by atoms with E-state index in [1.165, 1.54) is 18.4 Å². The molecule has 2 aromatic rings. The van der Waals surface area contributed by atoms with Crippen LogP contribution in [-0.4, -0.2) is 36.1 Å². The fourth-order valence-corrected chi connectivity index (χ4v) is 3.23. The summed E-state index contributed by atoms with van der Waals surface area (Å²) in [5.41, 5.74) is -2.11. The van der Waals surface area contributed by atoms with E-state index < -0.39 is 50.4 Å². The normalized spacial score (nSPS) is 12.8. The fourth-order valence-electron chi connectivity index (χ4n) is 1.98. The van der Waals surface area contributed by atoms with Crippen LogP contribution in [0.2, 0.25) is 0 Å². The van der Waals surface area contributed by atoms with Crippen molar-refractivity contribution in [2.45, 2.75) is 11.9 Å². The molecule has 140 valence electrons. The molecule has 0 aliphatic rings. The first-order chi connectivity index (χ1) is 12.1. The minimum Gasteiger partial charge on any atom is -0.468 e. The third kappa shape index (κ3) is 5.05. The molecule has 0 atom stereocenters. The smallest absolute Gasteiger partial charge is 0.417 e. The second kappa shape index (κ2) is 7.56. The summed E-state index contributed by atoms with van der Waals surface area (Å²) in [6.45, 7) is 0. The van der Waals surface area contributed by atoms with Crippen LogP contribution in [0.5, 0.6) is 0 Å². The number of nitrogens with zero attached hydrogens (tertiary/aromatic N) is 2. The number of carbonyl (C=O) groups is 1. The molecule has 2 aromatic heterocycles. The number of hydrogen-bond donors (Lipinski definition) is 2. The predicted molar refractivity (Wildman–Crippen MR) is 82.1 cm³/mol. The van der Waals surface area contributed by atoms with Crippen molar-refractivity contribution in [1.29, 1.82) is 0 Å². The molecule has 0 aliphatic carbocycles. The van der Waals surface area contributed by atoms with Gasteiger partial charge in [0.25, 0.3) is 5.91 Å². The molecule has 0 aromatic carbocycles. The number of amides is 1. The highest BCUT2D eigenvalue weighted by atomic mass is 32.2. The Morgan fingerprint density at radius 2 is 2.08 bits per heavy atom. The zero-order valence-electron chi connectivity index (χ0n) is 12.9. The van der Waals surface area contributed by atoms with Crippen LogP contribution in [0.4, 0.5) is 13.2 Å². The largest absolute Gasteiger partial charge is 0.468 e. The molecular formula is C14H12F3N3O5S. The summed E-state index contributed by atoms with van der Waals surface area (Å²) in [6, 6.07) is 3.46. The summed E-state index contributed by atoms with van der Waals surface area (Å²) in [6.07, 6.45) is -2.04. The zero-order valence-corrected chi connectivity index (χ0v) is 13.7. The van der Waals surface area contributed by atoms with E-state index in [2.05, 4.69) is 10.1 Å². The van der Waals surface area contributed by atoms with Gasteiger partial charge in [-0.2, -0.15) is 13.2 Å². The Hall–Kier alpha value is -2.89. The Kier molecular flexibility index (Phi) is 5.65. The molecule has 12 heteroatoms. The first kappa shape index (κ1) is 19.4. The van der Waals surface area contributed by atoms with Crippen LogP contribution in [-0.2, 0) is 21.8 Å². The van der Waals surface area contributed by atoms with E-state index in [0.717, 1.165) is 6.20 Å². The lowest BCUT2D eigenvalue weighted by Crippen LogP contribution is -2.37. The first-order valence-electron chi connectivity index (χ1n) is 6.88. The van der Waals surface area contributed by atoms with Gasteiger partial charge in [-0.3, -0.25) is 9.78 Å². The van der Waals surface area contributed by atoms with Crippen LogP contribution in [0.15, 0.2) is 46.4 Å². The van der Waals surface area contributed by atoms with Crippen molar-refractivity contribution < 1.29 is 36.0 Å². The van der Waals surface area contributed by atoms with Crippen LogP contribution in [0.1, 0.15) is 21.7 Å². The maximum Gasteiger partial charge on any atom is 0.417 e. The number of oxime groups is 1. The Balaban J connectivity index is 2.15. The number of carbonyl (C=O) groups excluding carboxylic acids is 1. The van der Waals surface area contributed by atoms with Gasteiger partial charge in [-0.25, -0.2) is 8.42 Å². The fraction of sp³-hybridized carbons (Fsp3) is 0.214. The van der Waals surface area contributed by atoms with E-state index in [-0.39, 0.29) is 5.76 Å². The molecule has 8 nitrogen and oxygen atoms in total. The van der Waals surface area contributed by atoms with E-state index in [4.69, 9.17) is 9.62 Å². The lowest BCUT2D eigenvalue weighted by Gasteiger charge is -2.12. The summed E-state index contributed by atoms with van der Waals surface area (Å²) in [5.74, 6) is -3.40. The molecule has 0 fully saturated rings. The van der Waals surface area contributed by atoms with Gasteiger partial charge in [0.05, 0.1) is 17.4 Å². The Bertz CT molecular complexity index is 908. The maximum absolute atomic E-state index is 12.9. The van der Waals surface area contributed by atoms with Crippen molar-refractivity contribution in [1.82, 2.24) is 10.3 Å². The number of aromatic nitrogens is 1. The molecule has 26 heavy (non-hydrogen) atoms. The van der Waals surface area contributed by atoms with Gasteiger partial charge in [0, 0.05) is 12.4 Å². The maximum atomic E-state index is 12.9. The molecule has 0 unspecified atom stereocenters. The van der Waals surface area contributed by atoms with Crippen LogP contribution in [0.25, 0.3) is 0 Å². The van der Waals surface area contributed by atoms with Crippen molar-refractivity contribution >= 4 is 21.6 Å². The first-order valence-corrected chi connectivity index (χ1v) is 8.71. The number of sulfone groups is 1. The second-order valence-corrected chi connectivity index (χ2v) is 7.10. The average molecular weight is 391 g/mol. The summed E-state index contributed by atoms with van der Waals surface area (Å²) in [5, 5.41) is 13.4. The van der Waals surface area contributed by atoms with Crippen molar-refractivity contribution in [2.75, 3.05) is 5.75 Å². The number of amidine groups is 1. The van der Waals surface area contributed by atoms with Crippen LogP contribution < -0.4 is 5.32 Å². The molecule has 2 heterocycles. The van der Waals surface area contributed by atoms with Crippen LogP contribution >= 0.6 is 0 Å². The van der Waals surface area contributed by atoms with Gasteiger partial charge in [-0.05, 0) is 18.2 Å². The number of pyridine rings is 1. The van der Waals surface area contributed by atoms with Crippen molar-refractivity contribution in [3.63, 3.8) is 0 Å². The summed E-state index contributed by atoms with van der Waals surface area (Å²) in [4.78, 5) is 15.5. The van der Waals surface area contributed by atoms with E-state index in [9.17, 15) is 26.4 Å². The standard InChI is InChI=1S/C14H12F3N3O5S/c15-14(16,17)11-3-4-18-6-10(11)13(21)19-12(20-22)8-26(23,24)7-9-2-1-5-25-9/h1-6,22H,7-8H2,(H,19,20,21). The van der Waals surface area contributed by atoms with Gasteiger partial charge in [0.15, 0.2) is 15.7 Å². The Labute approximate surface area is 145 Å². The van der Waals surface area contributed by atoms with Gasteiger partial charge in [0.2, 0.25) is 0 Å². The molecule has 2 rings (SSSR count). The van der Waals surface area contributed by atoms with Gasteiger partial charge < -0.3 is 14.9 Å². The van der Waals surface area contributed by atoms with Crippen molar-refractivity contribution in [3.8, 4) is 0 Å². The second-order valence-electron chi connectivity index (χ2n) is 5.03. The highest BCUT2D eigenvalue weighted by molar-refractivity contribution is 7.91. The zero-order chi connectivity index (χ0) is 19.4. The van der Waals surface area contributed by atoms with E-state index in [0.29, 0.717) is 12.3 Å². The van der Waals surface area contributed by atoms with Crippen LogP contribution in [0.3, 0.4) is 0 Å². The quantitative estimate of drug-likeness (QED) is 0.347. The molecular weight excluding hydrogens is 379 g/mol. The van der Waals surface area contributed by atoms with Gasteiger partial charge in [-0.15, -0.1) is 0 Å². The van der Waals surface area contributed by atoms with Gasteiger partial charge in [0.1, 0.15) is 17.3 Å². The highest BCUT2D eigenvalue weighted by Gasteiger charge is 2.35. The molecule has 0 radical (unpaired) electrons. The molecule has 2 N–H and O–H groups in total. The number of rotatable bonds is 5. The molecule has 0 saturated carbocycles. The number of furan rings is 1. The minimum absolute atomic E-state index is 0.111. The van der Waals surface area contributed by atoms with Crippen molar-refractivity contribution in [3.05, 3.63) is 53.7 Å². The molecule has 1 amide bonds. The Morgan fingerprint density at radius 1 is 1.35 bits per heavy atom. The number of alkyl halides is 3. The molecule has 0 bridgehead atoms. The van der Waals surface area contributed by atoms with Gasteiger partial charge in [-0.1, -0.05) is 5.16 Å². The summed E-state index contributed by atoms with van der Waals surface area (Å²) >= 11 is 0. The minimum atomic E-state index is -4.82. The monoisotopic (exact) mass is 391 g/mol. The average Bonchev–Trinajstić information content (AvgIpc) is 3.05. The third-order valence-electron chi connectivity index (χ3n) is 3.05. The van der Waals surface area contributed by atoms with E-state index in [1.807, 2.05) is 5.32 Å².